The molecule has 5 saturated heterocycles. The van der Waals surface area contributed by atoms with E-state index in [2.05, 4.69) is 222 Å². The summed E-state index contributed by atoms with van der Waals surface area (Å²) in [5, 5.41) is 35.7. The third-order valence-corrected chi connectivity index (χ3v) is 33.3. The maximum Gasteiger partial charge on any atom is 0.338 e. The lowest BCUT2D eigenvalue weighted by molar-refractivity contribution is -0.155. The van der Waals surface area contributed by atoms with E-state index in [0.717, 1.165) is 38.7 Å². The molecule has 6 rings (SSSR count). The van der Waals surface area contributed by atoms with E-state index in [9.17, 15) is 4.79 Å². The van der Waals surface area contributed by atoms with E-state index in [4.69, 9.17) is 90.1 Å². The first kappa shape index (κ1) is 102. The van der Waals surface area contributed by atoms with Gasteiger partial charge in [-0.05, 0) is 186 Å². The van der Waals surface area contributed by atoms with Crippen LogP contribution in [0.15, 0.2) is 30.3 Å². The average molecular weight is 1640 g/mol. The van der Waals surface area contributed by atoms with Crippen LogP contribution in [-0.2, 0) is 69.0 Å². The van der Waals surface area contributed by atoms with Crippen molar-refractivity contribution in [1.82, 2.24) is 18.7 Å². The van der Waals surface area contributed by atoms with Gasteiger partial charge in [-0.2, -0.15) is 21.0 Å². The topological polar surface area (TPSA) is 264 Å². The normalized spacial score (nSPS) is 27.5. The summed E-state index contributed by atoms with van der Waals surface area (Å²) >= 11 is 0. The van der Waals surface area contributed by atoms with Crippen molar-refractivity contribution in [2.75, 3.05) is 52.9 Å². The first-order valence-electron chi connectivity index (χ1n) is 40.9. The maximum absolute atomic E-state index is 12.9. The van der Waals surface area contributed by atoms with Gasteiger partial charge in [0.2, 0.25) is 0 Å². The molecule has 0 saturated carbocycles. The lowest BCUT2D eigenvalue weighted by Crippen LogP contribution is -2.57. The third-order valence-electron chi connectivity index (χ3n) is 20.3. The van der Waals surface area contributed by atoms with Crippen molar-refractivity contribution in [3.8, 4) is 24.3 Å². The summed E-state index contributed by atoms with van der Waals surface area (Å²) in [7, 11) is -7.29. The lowest BCUT2D eigenvalue weighted by Gasteiger charge is -2.48. The molecule has 24 nitrogen and oxygen atoms in total. The monoisotopic (exact) mass is 1640 g/mol. The fraction of sp³-hybridized carbons (Fsp3) is 0.864. The summed E-state index contributed by atoms with van der Waals surface area (Å²) in [5.74, 6) is 0.347. The summed E-state index contributed by atoms with van der Waals surface area (Å²) in [5.41, 5.74) is 0.139. The van der Waals surface area contributed by atoms with Crippen LogP contribution in [0.25, 0.3) is 0 Å². The zero-order valence-corrected chi connectivity index (χ0v) is 77.6. The minimum Gasteiger partial charge on any atom is -0.456 e. The zero-order chi connectivity index (χ0) is 83.0. The van der Waals surface area contributed by atoms with Gasteiger partial charge in [-0.15, -0.1) is 0 Å². The Balaban J connectivity index is 0.000000384. The molecule has 17 unspecified atom stereocenters. The summed E-state index contributed by atoms with van der Waals surface area (Å²) < 4.78 is 103. The Morgan fingerprint density at radius 1 is 0.518 bits per heavy atom. The highest BCUT2D eigenvalue weighted by molar-refractivity contribution is 7.45. The Morgan fingerprint density at radius 3 is 1.24 bits per heavy atom. The van der Waals surface area contributed by atoms with E-state index in [1.807, 2.05) is 39.0 Å². The number of hydrogen-bond donors (Lipinski definition) is 0. The number of hydrogen-bond acceptors (Lipinski definition) is 24. The fourth-order valence-corrected chi connectivity index (χ4v) is 22.4. The molecular weight excluding hydrogens is 1490 g/mol. The first-order valence-corrected chi connectivity index (χ1v) is 48.3. The number of nitriles is 4. The first-order chi connectivity index (χ1) is 51.8. The van der Waals surface area contributed by atoms with Crippen LogP contribution in [0.1, 0.15) is 255 Å². The number of ether oxygens (including phenoxy) is 6. The van der Waals surface area contributed by atoms with E-state index in [1.165, 1.54) is 0 Å². The summed E-state index contributed by atoms with van der Waals surface area (Å²) in [4.78, 5) is 12.9. The van der Waals surface area contributed by atoms with Gasteiger partial charge in [0, 0.05) is 66.8 Å². The van der Waals surface area contributed by atoms with Crippen LogP contribution in [0.4, 0.5) is 0 Å². The summed E-state index contributed by atoms with van der Waals surface area (Å²) in [6, 6.07) is 19.7. The van der Waals surface area contributed by atoms with Crippen LogP contribution < -0.4 is 0 Å². The van der Waals surface area contributed by atoms with Crippen molar-refractivity contribution in [1.29, 1.82) is 21.0 Å². The largest absolute Gasteiger partial charge is 0.456 e. The van der Waals surface area contributed by atoms with Gasteiger partial charge in [-0.25, -0.2) is 23.5 Å². The molecule has 19 atom stereocenters. The molecule has 5 heterocycles. The molecule has 5 aliphatic rings. The average Bonchev–Trinajstić information content (AvgIpc) is 1.58. The zero-order valence-electron chi connectivity index (χ0n) is 73.0. The van der Waals surface area contributed by atoms with Gasteiger partial charge in [0.15, 0.2) is 8.32 Å². The third kappa shape index (κ3) is 31.3. The predicted molar refractivity (Wildman–Crippen MR) is 444 cm³/mol. The Hall–Kier alpha value is -2.13. The maximum atomic E-state index is 12.9. The van der Waals surface area contributed by atoms with E-state index in [0.29, 0.717) is 82.5 Å². The van der Waals surface area contributed by atoms with Gasteiger partial charge in [-0.1, -0.05) is 87.4 Å². The van der Waals surface area contributed by atoms with Crippen molar-refractivity contribution in [3.63, 3.8) is 0 Å². The highest BCUT2D eigenvalue weighted by atomic mass is 31.2. The molecule has 0 aromatic heterocycles. The van der Waals surface area contributed by atoms with Gasteiger partial charge in [0.05, 0.1) is 138 Å². The van der Waals surface area contributed by atoms with Crippen LogP contribution in [0.5, 0.6) is 0 Å². The molecule has 632 valence electrons. The Morgan fingerprint density at radius 2 is 0.882 bits per heavy atom. The van der Waals surface area contributed by atoms with E-state index in [-0.39, 0.29) is 133 Å². The van der Waals surface area contributed by atoms with Crippen LogP contribution in [-0.4, -0.2) is 207 Å². The molecule has 1 aromatic carbocycles. The standard InChI is InChI=1S/C24H37N2O5P.C23H47N2O4PSi.C17H31N2O4P.C17H33N2O3P/c1-7-21-23(31-32(29-15-11-14-25)26(17(2)3)18(4)5)22(19(6)16-28-21)30-24(27)20-12-9-8-10-13-20;1-12-20-22(21(19(6)16-26-20)29-31(10,11)23(7,8)9)28-30(27-15-13-14-24)25(17(2)3)18(4)5;1-7-17-11-20-15(14(6)22-17)16(17)23-24(21-10-8-9-18)19(12(2)3)13(4)5;1-7-16-17(11-15(6)12-20-16)22-23(21-10-8-9-18)19(13(2)3)14(4)5/h8-10,12-13,17-19,21-23H,7,11,15-16H2,1-6H3;17-22H,12-13,15-16H2,1-11H3;12-16H,7-8,10-11H2,1-6H3;13-17H,7-8,10-12H2,1-6H3/t;;14-,15?,16-,17?,24?;/m..0./s1. The van der Waals surface area contributed by atoms with Gasteiger partial charge in [0.1, 0.15) is 36.1 Å². The molecule has 0 aliphatic carbocycles. The Bertz CT molecular complexity index is 2860. The summed E-state index contributed by atoms with van der Waals surface area (Å²) in [6.45, 7) is 66.5. The number of fused-ring (bicyclic) bond motifs is 2. The highest BCUT2D eigenvalue weighted by Crippen LogP contribution is 2.56. The van der Waals surface area contributed by atoms with Crippen LogP contribution in [0.2, 0.25) is 18.1 Å². The Labute approximate surface area is 673 Å². The van der Waals surface area contributed by atoms with E-state index < -0.39 is 54.6 Å². The molecule has 1 aromatic rings. The van der Waals surface area contributed by atoms with E-state index in [1.54, 1.807) is 12.1 Å². The second-order valence-corrected chi connectivity index (χ2v) is 43.6. The number of rotatable bonds is 40. The minimum atomic E-state index is -2.00. The molecule has 0 spiro atoms. The number of carbonyl (C=O) groups excluding carboxylic acids is 1. The molecule has 5 aliphatic heterocycles. The van der Waals surface area contributed by atoms with Gasteiger partial charge in [0.25, 0.3) is 34.1 Å². The van der Waals surface area contributed by atoms with E-state index >= 15 is 0 Å². The van der Waals surface area contributed by atoms with Crippen LogP contribution >= 0.6 is 34.1 Å². The van der Waals surface area contributed by atoms with Crippen molar-refractivity contribution in [2.24, 2.45) is 17.8 Å². The fourth-order valence-electron chi connectivity index (χ4n) is 13.9. The van der Waals surface area contributed by atoms with Crippen molar-refractivity contribution >= 4 is 48.4 Å². The van der Waals surface area contributed by atoms with Crippen molar-refractivity contribution in [3.05, 3.63) is 35.9 Å². The molecule has 29 heteroatoms. The Kier molecular flexibility index (Phi) is 47.6. The van der Waals surface area contributed by atoms with Gasteiger partial charge in [-0.3, -0.25) is 0 Å². The number of benzene rings is 1. The minimum absolute atomic E-state index is 0.0297. The molecular formula is C81H148N8O16P4Si. The molecule has 110 heavy (non-hydrogen) atoms. The van der Waals surface area contributed by atoms with Crippen molar-refractivity contribution in [2.45, 2.75) is 384 Å². The SMILES string of the molecule is CCC12COC([C@H](C)O1)[C@@H]2OP(OCCC#N)N(C(C)C)C(C)C.CCC1OCC(C)C(OC(=O)c2ccccc2)C1OP(OCCC#N)N(C(C)C)C(C)C.CCC1OCC(C)C(O[Si](C)(C)C(C)(C)C)C1OP(OCCC#N)N(C(C)C)C(C)C.CCC1OCC(C)CC1OP(OCCC#N)N(C(C)C)C(C)C. The van der Waals surface area contributed by atoms with Crippen LogP contribution in [0, 0.1) is 63.1 Å². The smallest absolute Gasteiger partial charge is 0.338 e. The lowest BCUT2D eigenvalue weighted by atomic mass is 9.92. The molecule has 0 N–H and O–H groups in total. The molecule has 0 radical (unpaired) electrons. The van der Waals surface area contributed by atoms with Crippen molar-refractivity contribution < 1.29 is 73.8 Å². The number of nitrogens with zero attached hydrogens (tertiary/aromatic N) is 8. The highest BCUT2D eigenvalue weighted by Gasteiger charge is 2.61. The van der Waals surface area contributed by atoms with Crippen LogP contribution in [0.3, 0.4) is 0 Å². The second kappa shape index (κ2) is 51.3. The molecule has 2 bridgehead atoms. The molecule has 0 amide bonds. The second-order valence-electron chi connectivity index (χ2n) is 33.2. The predicted octanol–water partition coefficient (Wildman–Crippen LogP) is 19.9. The summed E-state index contributed by atoms with van der Waals surface area (Å²) in [6.07, 6.45) is 4.43. The number of carbonyl (C=O) groups is 1. The van der Waals surface area contributed by atoms with Gasteiger partial charge < -0.3 is 69.0 Å². The van der Waals surface area contributed by atoms with Gasteiger partial charge >= 0.3 is 5.97 Å². The quantitative estimate of drug-likeness (QED) is 0.0256. The number of esters is 1. The molecule has 5 fully saturated rings.